The van der Waals surface area contributed by atoms with Crippen LogP contribution in [-0.2, 0) is 21.4 Å². The van der Waals surface area contributed by atoms with Gasteiger partial charge in [-0.05, 0) is 29.7 Å². The highest BCUT2D eigenvalue weighted by atomic mass is 16.5. The number of carbonyl (C=O) groups excluding carboxylic acids is 1. The van der Waals surface area contributed by atoms with E-state index in [9.17, 15) is 14.7 Å². The van der Waals surface area contributed by atoms with Gasteiger partial charge in [0, 0.05) is 6.54 Å². The van der Waals surface area contributed by atoms with E-state index in [1.54, 1.807) is 49.6 Å². The van der Waals surface area contributed by atoms with Crippen molar-refractivity contribution in [2.45, 2.75) is 25.2 Å². The third-order valence-electron chi connectivity index (χ3n) is 4.74. The molecule has 0 aromatic heterocycles. The zero-order chi connectivity index (χ0) is 19.9. The van der Waals surface area contributed by atoms with Crippen LogP contribution in [0.1, 0.15) is 24.5 Å². The van der Waals surface area contributed by atoms with Crippen molar-refractivity contribution in [1.29, 1.82) is 0 Å². The van der Waals surface area contributed by atoms with Gasteiger partial charge in [0.2, 0.25) is 5.91 Å². The molecule has 0 saturated carbocycles. The van der Waals surface area contributed by atoms with E-state index >= 15 is 0 Å². The Morgan fingerprint density at radius 3 is 2.26 bits per heavy atom. The molecule has 0 bridgehead atoms. The number of ether oxygens (including phenoxy) is 2. The normalized spacial score (nSPS) is 12.7. The highest BCUT2D eigenvalue weighted by molar-refractivity contribution is 5.84. The molecule has 27 heavy (non-hydrogen) atoms. The van der Waals surface area contributed by atoms with Gasteiger partial charge in [-0.2, -0.15) is 0 Å². The Hall–Kier alpha value is -3.02. The highest BCUT2D eigenvalue weighted by Crippen LogP contribution is 2.29. The largest absolute Gasteiger partial charge is 0.493 e. The number of aliphatic carboxylic acids is 1. The Labute approximate surface area is 159 Å². The lowest BCUT2D eigenvalue weighted by molar-refractivity contribution is -0.144. The van der Waals surface area contributed by atoms with Crippen LogP contribution in [0.4, 0.5) is 0 Å². The van der Waals surface area contributed by atoms with Gasteiger partial charge in [0.25, 0.3) is 0 Å². The second-order valence-electron chi connectivity index (χ2n) is 6.25. The zero-order valence-corrected chi connectivity index (χ0v) is 15.8. The molecule has 0 radical (unpaired) electrons. The van der Waals surface area contributed by atoms with Crippen LogP contribution in [-0.4, -0.2) is 37.7 Å². The Balaban J connectivity index is 2.11. The van der Waals surface area contributed by atoms with Gasteiger partial charge in [0.1, 0.15) is 5.41 Å². The molecule has 1 amide bonds. The maximum Gasteiger partial charge on any atom is 0.315 e. The van der Waals surface area contributed by atoms with Crippen LogP contribution in [0.3, 0.4) is 0 Å². The number of hydrogen-bond donors (Lipinski definition) is 2. The lowest BCUT2D eigenvalue weighted by Crippen LogP contribution is -2.46. The number of hydrogen-bond acceptors (Lipinski definition) is 4. The van der Waals surface area contributed by atoms with Crippen molar-refractivity contribution in [1.82, 2.24) is 5.32 Å². The second kappa shape index (κ2) is 9.07. The van der Waals surface area contributed by atoms with Crippen molar-refractivity contribution in [3.63, 3.8) is 0 Å². The zero-order valence-electron chi connectivity index (χ0n) is 15.8. The molecule has 6 heteroatoms. The first-order valence-electron chi connectivity index (χ1n) is 8.73. The van der Waals surface area contributed by atoms with Gasteiger partial charge >= 0.3 is 5.97 Å². The maximum atomic E-state index is 12.4. The summed E-state index contributed by atoms with van der Waals surface area (Å²) in [5, 5.41) is 12.6. The molecule has 2 rings (SSSR count). The standard InChI is InChI=1S/C21H25NO5/c1-4-21(20(24)25,16-8-6-5-7-9-16)14-22-19(23)13-15-10-11-17(26-2)18(12-15)27-3/h5-12H,4,13-14H2,1-3H3,(H,22,23)(H,24,25). The Kier molecular flexibility index (Phi) is 6.82. The summed E-state index contributed by atoms with van der Waals surface area (Å²) < 4.78 is 10.4. The molecule has 6 nitrogen and oxygen atoms in total. The van der Waals surface area contributed by atoms with Gasteiger partial charge < -0.3 is 19.9 Å². The smallest absolute Gasteiger partial charge is 0.315 e. The maximum absolute atomic E-state index is 12.4. The number of amides is 1. The number of carboxylic acid groups (broad SMARTS) is 1. The minimum atomic E-state index is -1.16. The fourth-order valence-electron chi connectivity index (χ4n) is 3.03. The van der Waals surface area contributed by atoms with Crippen LogP contribution in [0.5, 0.6) is 11.5 Å². The van der Waals surface area contributed by atoms with E-state index < -0.39 is 11.4 Å². The SMILES string of the molecule is CCC(CNC(=O)Cc1ccc(OC)c(OC)c1)(C(=O)O)c1ccccc1. The predicted molar refractivity (Wildman–Crippen MR) is 102 cm³/mol. The van der Waals surface area contributed by atoms with Crippen LogP contribution in [0.25, 0.3) is 0 Å². The molecule has 1 unspecified atom stereocenters. The summed E-state index contributed by atoms with van der Waals surface area (Å²) in [6, 6.07) is 14.2. The molecule has 0 saturated heterocycles. The van der Waals surface area contributed by atoms with Crippen LogP contribution in [0.2, 0.25) is 0 Å². The molecule has 0 spiro atoms. The van der Waals surface area contributed by atoms with Gasteiger partial charge in [-0.3, -0.25) is 9.59 Å². The summed E-state index contributed by atoms with van der Waals surface area (Å²) in [5.74, 6) is -0.0815. The van der Waals surface area contributed by atoms with E-state index in [1.165, 1.54) is 7.11 Å². The summed E-state index contributed by atoms with van der Waals surface area (Å²) >= 11 is 0. The Bertz CT molecular complexity index is 790. The summed E-state index contributed by atoms with van der Waals surface area (Å²) in [6.07, 6.45) is 0.484. The van der Waals surface area contributed by atoms with E-state index in [-0.39, 0.29) is 18.9 Å². The van der Waals surface area contributed by atoms with Crippen LogP contribution in [0, 0.1) is 0 Å². The number of methoxy groups -OCH3 is 2. The molecule has 0 aliphatic heterocycles. The van der Waals surface area contributed by atoms with Gasteiger partial charge in [0.05, 0.1) is 20.6 Å². The van der Waals surface area contributed by atoms with Gasteiger partial charge in [-0.15, -0.1) is 0 Å². The monoisotopic (exact) mass is 371 g/mol. The van der Waals surface area contributed by atoms with E-state index in [4.69, 9.17) is 9.47 Å². The average molecular weight is 371 g/mol. The fraction of sp³-hybridized carbons (Fsp3) is 0.333. The number of benzene rings is 2. The minimum Gasteiger partial charge on any atom is -0.493 e. The van der Waals surface area contributed by atoms with Crippen molar-refractivity contribution in [2.24, 2.45) is 0 Å². The van der Waals surface area contributed by atoms with E-state index in [0.717, 1.165) is 5.56 Å². The third-order valence-corrected chi connectivity index (χ3v) is 4.74. The lowest BCUT2D eigenvalue weighted by Gasteiger charge is -2.29. The topological polar surface area (TPSA) is 84.9 Å². The summed E-state index contributed by atoms with van der Waals surface area (Å²) in [5.41, 5.74) is 0.267. The first-order chi connectivity index (χ1) is 13.0. The fourth-order valence-corrected chi connectivity index (χ4v) is 3.03. The van der Waals surface area contributed by atoms with Crippen molar-refractivity contribution in [3.05, 3.63) is 59.7 Å². The third kappa shape index (κ3) is 4.58. The second-order valence-corrected chi connectivity index (χ2v) is 6.25. The van der Waals surface area contributed by atoms with Crippen molar-refractivity contribution < 1.29 is 24.2 Å². The van der Waals surface area contributed by atoms with E-state index in [0.29, 0.717) is 23.5 Å². The quantitative estimate of drug-likeness (QED) is 0.708. The molecule has 2 aromatic carbocycles. The lowest BCUT2D eigenvalue weighted by atomic mass is 9.78. The molecule has 0 aliphatic carbocycles. The number of carboxylic acids is 1. The number of carbonyl (C=O) groups is 2. The van der Waals surface area contributed by atoms with E-state index in [2.05, 4.69) is 5.32 Å². The molecule has 144 valence electrons. The molecule has 1 atom stereocenters. The molecular formula is C21H25NO5. The van der Waals surface area contributed by atoms with Crippen LogP contribution < -0.4 is 14.8 Å². The summed E-state index contributed by atoms with van der Waals surface area (Å²) in [7, 11) is 3.08. The number of nitrogens with one attached hydrogen (secondary N) is 1. The Morgan fingerprint density at radius 1 is 1.04 bits per heavy atom. The predicted octanol–water partition coefficient (Wildman–Crippen LogP) is 2.80. The van der Waals surface area contributed by atoms with Crippen LogP contribution in [0.15, 0.2) is 48.5 Å². The number of rotatable bonds is 9. The van der Waals surface area contributed by atoms with Crippen molar-refractivity contribution in [3.8, 4) is 11.5 Å². The molecule has 0 fully saturated rings. The first kappa shape index (κ1) is 20.3. The van der Waals surface area contributed by atoms with Crippen molar-refractivity contribution in [2.75, 3.05) is 20.8 Å². The summed E-state index contributed by atoms with van der Waals surface area (Å²) in [6.45, 7) is 1.83. The molecular weight excluding hydrogens is 346 g/mol. The van der Waals surface area contributed by atoms with E-state index in [1.807, 2.05) is 13.0 Å². The van der Waals surface area contributed by atoms with Gasteiger partial charge in [-0.1, -0.05) is 43.3 Å². The average Bonchev–Trinajstić information content (AvgIpc) is 2.69. The minimum absolute atomic E-state index is 0.0228. The van der Waals surface area contributed by atoms with Crippen molar-refractivity contribution >= 4 is 11.9 Å². The molecule has 0 aliphatic rings. The van der Waals surface area contributed by atoms with Crippen LogP contribution >= 0.6 is 0 Å². The molecule has 0 heterocycles. The Morgan fingerprint density at radius 2 is 1.70 bits per heavy atom. The summed E-state index contributed by atoms with van der Waals surface area (Å²) in [4.78, 5) is 24.4. The van der Waals surface area contributed by atoms with Gasteiger partial charge in [0.15, 0.2) is 11.5 Å². The first-order valence-corrected chi connectivity index (χ1v) is 8.73. The highest BCUT2D eigenvalue weighted by Gasteiger charge is 2.38. The molecule has 2 N–H and O–H groups in total. The van der Waals surface area contributed by atoms with Gasteiger partial charge in [-0.25, -0.2) is 0 Å². The molecule has 2 aromatic rings.